The lowest BCUT2D eigenvalue weighted by Gasteiger charge is -2.14. The first-order valence-corrected chi connectivity index (χ1v) is 9.70. The van der Waals surface area contributed by atoms with Gasteiger partial charge in [0.1, 0.15) is 11.4 Å². The fourth-order valence-electron chi connectivity index (χ4n) is 2.98. The van der Waals surface area contributed by atoms with E-state index in [1.165, 1.54) is 24.3 Å². The number of alkyl halides is 3. The minimum atomic E-state index is -4.76. The molecular formula is C22H16ClF4N5O. The van der Waals surface area contributed by atoms with Crippen molar-refractivity contribution in [1.29, 1.82) is 5.41 Å². The van der Waals surface area contributed by atoms with Crippen molar-refractivity contribution in [3.8, 4) is 11.1 Å². The molecule has 3 aromatic rings. The van der Waals surface area contributed by atoms with E-state index in [1.807, 2.05) is 0 Å². The van der Waals surface area contributed by atoms with Crippen LogP contribution in [-0.4, -0.2) is 23.3 Å². The zero-order chi connectivity index (χ0) is 24.2. The molecule has 0 aliphatic rings. The lowest BCUT2D eigenvalue weighted by Crippen LogP contribution is -2.16. The van der Waals surface area contributed by atoms with E-state index < -0.39 is 29.3 Å². The first-order chi connectivity index (χ1) is 15.6. The summed E-state index contributed by atoms with van der Waals surface area (Å²) in [4.78, 5) is 16.4. The van der Waals surface area contributed by atoms with Crippen LogP contribution in [0.4, 0.5) is 29.1 Å². The minimum Gasteiger partial charge on any atom is -0.321 e. The number of aromatic nitrogens is 1. The van der Waals surface area contributed by atoms with Crippen LogP contribution in [0.5, 0.6) is 0 Å². The second-order valence-corrected chi connectivity index (χ2v) is 7.19. The average Bonchev–Trinajstić information content (AvgIpc) is 2.74. The molecule has 0 fully saturated rings. The highest BCUT2D eigenvalue weighted by atomic mass is 35.5. The number of hydrogen-bond acceptors (Lipinski definition) is 5. The first kappa shape index (κ1) is 23.9. The third-order valence-electron chi connectivity index (χ3n) is 4.48. The molecule has 6 nitrogen and oxygen atoms in total. The fourth-order valence-corrected chi connectivity index (χ4v) is 3.26. The second-order valence-electron chi connectivity index (χ2n) is 6.78. The summed E-state index contributed by atoms with van der Waals surface area (Å²) in [6, 6.07) is 9.45. The van der Waals surface area contributed by atoms with E-state index in [9.17, 15) is 22.4 Å². The van der Waals surface area contributed by atoms with Gasteiger partial charge in [-0.05, 0) is 48.4 Å². The quantitative estimate of drug-likeness (QED) is 0.225. The van der Waals surface area contributed by atoms with Crippen LogP contribution in [-0.2, 0) is 6.18 Å². The number of carbonyl (C=O) groups is 1. The van der Waals surface area contributed by atoms with Gasteiger partial charge >= 0.3 is 6.18 Å². The van der Waals surface area contributed by atoms with Crippen molar-refractivity contribution in [2.24, 2.45) is 5.10 Å². The monoisotopic (exact) mass is 477 g/mol. The molecule has 1 amide bonds. The van der Waals surface area contributed by atoms with Crippen LogP contribution in [0.3, 0.4) is 0 Å². The largest absolute Gasteiger partial charge is 0.420 e. The average molecular weight is 478 g/mol. The van der Waals surface area contributed by atoms with Gasteiger partial charge in [0.05, 0.1) is 23.1 Å². The lowest BCUT2D eigenvalue weighted by atomic mass is 9.99. The zero-order valence-electron chi connectivity index (χ0n) is 17.0. The van der Waals surface area contributed by atoms with Gasteiger partial charge in [0.2, 0.25) is 0 Å². The summed E-state index contributed by atoms with van der Waals surface area (Å²) in [5, 5.41) is 12.8. The molecule has 0 bridgehead atoms. The summed E-state index contributed by atoms with van der Waals surface area (Å²) in [7, 11) is 0. The van der Waals surface area contributed by atoms with Gasteiger partial charge in [-0.3, -0.25) is 10.2 Å². The van der Waals surface area contributed by atoms with Crippen LogP contribution in [0, 0.1) is 18.2 Å². The number of carbonyl (C=O) groups excluding carboxylic acids is 1. The molecule has 2 aromatic carbocycles. The Hall–Kier alpha value is -3.79. The van der Waals surface area contributed by atoms with Crippen LogP contribution < -0.4 is 10.7 Å². The molecule has 0 aliphatic heterocycles. The molecule has 3 N–H and O–H groups in total. The summed E-state index contributed by atoms with van der Waals surface area (Å²) in [5.74, 6) is -1.69. The number of hydrogen-bond donors (Lipinski definition) is 3. The number of pyridine rings is 1. The number of benzene rings is 2. The lowest BCUT2D eigenvalue weighted by molar-refractivity contribution is -0.137. The Bertz CT molecular complexity index is 1240. The third kappa shape index (κ3) is 5.72. The molecule has 170 valence electrons. The van der Waals surface area contributed by atoms with E-state index in [2.05, 4.69) is 20.8 Å². The van der Waals surface area contributed by atoms with Gasteiger partial charge in [0.25, 0.3) is 5.91 Å². The molecule has 0 aliphatic carbocycles. The molecule has 0 unspecified atom stereocenters. The second kappa shape index (κ2) is 9.78. The normalized spacial score (nSPS) is 11.5. The highest BCUT2D eigenvalue weighted by molar-refractivity contribution is 6.33. The Morgan fingerprint density at radius 2 is 1.94 bits per heavy atom. The van der Waals surface area contributed by atoms with Gasteiger partial charge in [0, 0.05) is 17.3 Å². The SMILES string of the molecule is Cc1cc(-c2ccc(F)cc2Cl)ccc1C(=O)Nc1cnc(N/N=C\C=N)c(C(F)(F)F)c1. The van der Waals surface area contributed by atoms with Crippen LogP contribution in [0.25, 0.3) is 11.1 Å². The number of nitrogens with one attached hydrogen (secondary N) is 3. The van der Waals surface area contributed by atoms with E-state index in [0.29, 0.717) is 16.7 Å². The predicted octanol–water partition coefficient (Wildman–Crippen LogP) is 6.17. The van der Waals surface area contributed by atoms with Crippen molar-refractivity contribution in [3.05, 3.63) is 76.2 Å². The maximum Gasteiger partial charge on any atom is 0.420 e. The summed E-state index contributed by atoms with van der Waals surface area (Å²) < 4.78 is 53.5. The molecular weight excluding hydrogens is 462 g/mol. The van der Waals surface area contributed by atoms with Crippen molar-refractivity contribution in [2.75, 3.05) is 10.7 Å². The van der Waals surface area contributed by atoms with Gasteiger partial charge in [-0.15, -0.1) is 0 Å². The minimum absolute atomic E-state index is 0.168. The van der Waals surface area contributed by atoms with E-state index >= 15 is 0 Å². The summed E-state index contributed by atoms with van der Waals surface area (Å²) in [6.07, 6.45) is -1.98. The molecule has 3 rings (SSSR count). The van der Waals surface area contributed by atoms with Crippen molar-refractivity contribution in [1.82, 2.24) is 4.98 Å². The van der Waals surface area contributed by atoms with Gasteiger partial charge in [-0.2, -0.15) is 18.3 Å². The van der Waals surface area contributed by atoms with E-state index in [-0.39, 0.29) is 16.3 Å². The topological polar surface area (TPSA) is 90.2 Å². The van der Waals surface area contributed by atoms with Gasteiger partial charge in [0.15, 0.2) is 5.82 Å². The van der Waals surface area contributed by atoms with E-state index in [0.717, 1.165) is 24.7 Å². The number of halogens is 5. The number of rotatable bonds is 6. The highest BCUT2D eigenvalue weighted by Crippen LogP contribution is 2.35. The third-order valence-corrected chi connectivity index (χ3v) is 4.80. The maximum atomic E-state index is 13.4. The smallest absolute Gasteiger partial charge is 0.321 e. The summed E-state index contributed by atoms with van der Waals surface area (Å²) >= 11 is 6.09. The Morgan fingerprint density at radius 3 is 2.58 bits per heavy atom. The summed E-state index contributed by atoms with van der Waals surface area (Å²) in [5.41, 5.74) is 2.79. The highest BCUT2D eigenvalue weighted by Gasteiger charge is 2.35. The number of aryl methyl sites for hydroxylation is 1. The van der Waals surface area contributed by atoms with Crippen molar-refractivity contribution in [2.45, 2.75) is 13.1 Å². The van der Waals surface area contributed by atoms with Crippen LogP contribution in [0.15, 0.2) is 53.8 Å². The maximum absolute atomic E-state index is 13.4. The summed E-state index contributed by atoms with van der Waals surface area (Å²) in [6.45, 7) is 1.66. The Kier molecular flexibility index (Phi) is 7.07. The molecule has 11 heteroatoms. The zero-order valence-corrected chi connectivity index (χ0v) is 17.7. The van der Waals surface area contributed by atoms with Crippen LogP contribution in [0.2, 0.25) is 5.02 Å². The molecule has 0 spiro atoms. The molecule has 1 heterocycles. The number of anilines is 2. The molecule has 33 heavy (non-hydrogen) atoms. The molecule has 0 saturated carbocycles. The molecule has 0 radical (unpaired) electrons. The van der Waals surface area contributed by atoms with E-state index in [4.69, 9.17) is 17.0 Å². The molecule has 0 saturated heterocycles. The number of hydrazone groups is 1. The Labute approximate surface area is 190 Å². The van der Waals surface area contributed by atoms with Crippen LogP contribution >= 0.6 is 11.6 Å². The Balaban J connectivity index is 1.86. The standard InChI is InChI=1S/C22H16ClF4N5O/c1-12-8-13(17-5-3-14(24)9-19(17)23)2-4-16(12)21(33)31-15-10-18(22(25,26)27)20(29-11-15)32-30-7-6-28/h2-11,28H,1H3,(H,29,32)(H,31,33)/b28-6?,30-7-. The molecule has 1 aromatic heterocycles. The van der Waals surface area contributed by atoms with Gasteiger partial charge < -0.3 is 10.7 Å². The van der Waals surface area contributed by atoms with Crippen LogP contribution in [0.1, 0.15) is 21.5 Å². The van der Waals surface area contributed by atoms with Crippen molar-refractivity contribution in [3.63, 3.8) is 0 Å². The van der Waals surface area contributed by atoms with Crippen molar-refractivity contribution >= 4 is 41.4 Å². The number of amides is 1. The number of nitrogens with zero attached hydrogens (tertiary/aromatic N) is 2. The van der Waals surface area contributed by atoms with Crippen molar-refractivity contribution < 1.29 is 22.4 Å². The Morgan fingerprint density at radius 1 is 1.18 bits per heavy atom. The predicted molar refractivity (Wildman–Crippen MR) is 120 cm³/mol. The first-order valence-electron chi connectivity index (χ1n) is 9.33. The van der Waals surface area contributed by atoms with Gasteiger partial charge in [-0.1, -0.05) is 23.7 Å². The van der Waals surface area contributed by atoms with E-state index in [1.54, 1.807) is 19.1 Å². The fraction of sp³-hybridized carbons (Fsp3) is 0.0909. The molecule has 0 atom stereocenters. The van der Waals surface area contributed by atoms with Gasteiger partial charge in [-0.25, -0.2) is 9.37 Å².